The monoisotopic (exact) mass is 450 g/mol. The summed E-state index contributed by atoms with van der Waals surface area (Å²) in [6.07, 6.45) is 10.5. The Morgan fingerprint density at radius 2 is 2.03 bits per heavy atom. The molecular formula is C27H34N2O2S. The van der Waals surface area contributed by atoms with E-state index in [1.165, 1.54) is 30.4 Å². The first-order valence-corrected chi connectivity index (χ1v) is 13.1. The van der Waals surface area contributed by atoms with E-state index in [1.807, 2.05) is 6.08 Å². The van der Waals surface area contributed by atoms with Gasteiger partial charge < -0.3 is 9.30 Å². The minimum atomic E-state index is -0.185. The summed E-state index contributed by atoms with van der Waals surface area (Å²) in [7, 11) is 0. The highest BCUT2D eigenvalue weighted by Crippen LogP contribution is 2.51. The van der Waals surface area contributed by atoms with Gasteiger partial charge in [-0.25, -0.2) is 0 Å². The summed E-state index contributed by atoms with van der Waals surface area (Å²) < 4.78 is 8.50. The summed E-state index contributed by atoms with van der Waals surface area (Å²) in [4.78, 5) is 18.5. The van der Waals surface area contributed by atoms with Crippen molar-refractivity contribution in [1.82, 2.24) is 9.55 Å². The average Bonchev–Trinajstić information content (AvgIpc) is 2.77. The maximum Gasteiger partial charge on any atom is 0.278 e. The number of fused-ring (bicyclic) bond motifs is 4. The second-order valence-corrected chi connectivity index (χ2v) is 11.3. The number of benzene rings is 1. The Hall–Kier alpha value is -1.85. The lowest BCUT2D eigenvalue weighted by Gasteiger charge is -2.45. The van der Waals surface area contributed by atoms with Crippen molar-refractivity contribution in [3.63, 3.8) is 0 Å². The molecule has 1 unspecified atom stereocenters. The molecule has 1 atom stereocenters. The summed E-state index contributed by atoms with van der Waals surface area (Å²) in [5.74, 6) is 0.741. The largest absolute Gasteiger partial charge is 0.375 e. The zero-order valence-electron chi connectivity index (χ0n) is 19.4. The van der Waals surface area contributed by atoms with Crippen molar-refractivity contribution in [2.75, 3.05) is 12.4 Å². The fraction of sp³-hybridized carbons (Fsp3) is 0.556. The number of hydrogen-bond acceptors (Lipinski definition) is 4. The van der Waals surface area contributed by atoms with Crippen LogP contribution >= 0.6 is 11.8 Å². The van der Waals surface area contributed by atoms with E-state index in [-0.39, 0.29) is 22.6 Å². The standard InChI is InChI=1S/C27H34N2O2S/c1-4-16-32-25-28-24(30)22-23(29(25)20-12-15-31-26(2,3)18-20)21-11-7-6-10-19(21)17-27(22)13-8-5-9-14-27/h4,6-7,10-11,20H,1,5,8-9,12-18H2,2-3H3. The summed E-state index contributed by atoms with van der Waals surface area (Å²) in [6.45, 7) is 8.98. The summed E-state index contributed by atoms with van der Waals surface area (Å²) in [6, 6.07) is 9.01. The molecule has 1 saturated carbocycles. The van der Waals surface area contributed by atoms with Crippen LogP contribution in [0, 0.1) is 0 Å². The molecule has 4 nitrogen and oxygen atoms in total. The van der Waals surface area contributed by atoms with E-state index in [0.29, 0.717) is 0 Å². The highest BCUT2D eigenvalue weighted by Gasteiger charge is 2.45. The number of rotatable bonds is 4. The van der Waals surface area contributed by atoms with Crippen molar-refractivity contribution in [3.8, 4) is 11.3 Å². The molecule has 2 aliphatic carbocycles. The third-order valence-electron chi connectivity index (χ3n) is 7.60. The fourth-order valence-electron chi connectivity index (χ4n) is 6.26. The molecule has 0 radical (unpaired) electrons. The third-order valence-corrected chi connectivity index (χ3v) is 8.55. The zero-order valence-corrected chi connectivity index (χ0v) is 20.2. The van der Waals surface area contributed by atoms with E-state index in [2.05, 4.69) is 49.3 Å². The molecule has 1 aromatic carbocycles. The topological polar surface area (TPSA) is 44.1 Å². The van der Waals surface area contributed by atoms with Crippen molar-refractivity contribution in [2.24, 2.45) is 0 Å². The molecule has 0 amide bonds. The third kappa shape index (κ3) is 3.77. The van der Waals surface area contributed by atoms with Gasteiger partial charge in [0.1, 0.15) is 0 Å². The fourth-order valence-corrected chi connectivity index (χ4v) is 7.06. The van der Waals surface area contributed by atoms with E-state index in [4.69, 9.17) is 9.72 Å². The van der Waals surface area contributed by atoms with Crippen molar-refractivity contribution in [1.29, 1.82) is 0 Å². The Kier molecular flexibility index (Phi) is 5.83. The molecule has 0 N–H and O–H groups in total. The van der Waals surface area contributed by atoms with Crippen LogP contribution in [-0.2, 0) is 16.6 Å². The maximum absolute atomic E-state index is 13.7. The molecule has 1 aromatic heterocycles. The minimum absolute atomic E-state index is 0.00876. The first-order valence-electron chi connectivity index (χ1n) is 12.1. The van der Waals surface area contributed by atoms with Gasteiger partial charge in [0, 0.05) is 29.4 Å². The molecule has 2 aromatic rings. The highest BCUT2D eigenvalue weighted by molar-refractivity contribution is 7.99. The number of ether oxygens (including phenoxy) is 1. The average molecular weight is 451 g/mol. The van der Waals surface area contributed by atoms with Gasteiger partial charge in [-0.3, -0.25) is 4.79 Å². The second-order valence-electron chi connectivity index (χ2n) is 10.3. The van der Waals surface area contributed by atoms with Crippen LogP contribution in [-0.4, -0.2) is 27.5 Å². The van der Waals surface area contributed by atoms with E-state index in [1.54, 1.807) is 11.8 Å². The maximum atomic E-state index is 13.7. The van der Waals surface area contributed by atoms with Crippen molar-refractivity contribution in [2.45, 2.75) is 87.4 Å². The molecule has 3 aliphatic rings. The molecular weight excluding hydrogens is 416 g/mol. The predicted molar refractivity (Wildman–Crippen MR) is 132 cm³/mol. The van der Waals surface area contributed by atoms with Crippen LogP contribution in [0.3, 0.4) is 0 Å². The van der Waals surface area contributed by atoms with Crippen LogP contribution in [0.1, 0.15) is 76.0 Å². The molecule has 2 fully saturated rings. The Bertz CT molecular complexity index is 1080. The van der Waals surface area contributed by atoms with Gasteiger partial charge in [0.2, 0.25) is 0 Å². The van der Waals surface area contributed by atoms with Gasteiger partial charge in [0.15, 0.2) is 5.16 Å². The van der Waals surface area contributed by atoms with E-state index in [9.17, 15) is 4.79 Å². The predicted octanol–water partition coefficient (Wildman–Crippen LogP) is 6.08. The second kappa shape index (κ2) is 8.49. The van der Waals surface area contributed by atoms with Crippen molar-refractivity contribution >= 4 is 11.8 Å². The normalized spacial score (nSPS) is 23.4. The van der Waals surface area contributed by atoms with E-state index < -0.39 is 0 Å². The summed E-state index contributed by atoms with van der Waals surface area (Å²) >= 11 is 1.63. The first kappa shape index (κ1) is 22.0. The molecule has 5 rings (SSSR count). The van der Waals surface area contributed by atoms with Crippen LogP contribution in [0.15, 0.2) is 46.9 Å². The smallest absolute Gasteiger partial charge is 0.278 e. The molecule has 32 heavy (non-hydrogen) atoms. The quantitative estimate of drug-likeness (QED) is 0.322. The van der Waals surface area contributed by atoms with Crippen molar-refractivity contribution in [3.05, 3.63) is 58.4 Å². The van der Waals surface area contributed by atoms with E-state index in [0.717, 1.165) is 60.9 Å². The molecule has 1 aliphatic heterocycles. The molecule has 0 bridgehead atoms. The van der Waals surface area contributed by atoms with Crippen LogP contribution in [0.5, 0.6) is 0 Å². The minimum Gasteiger partial charge on any atom is -0.375 e. The van der Waals surface area contributed by atoms with Gasteiger partial charge in [-0.15, -0.1) is 6.58 Å². The van der Waals surface area contributed by atoms with E-state index >= 15 is 0 Å². The van der Waals surface area contributed by atoms with Gasteiger partial charge in [-0.1, -0.05) is 61.4 Å². The Morgan fingerprint density at radius 1 is 1.25 bits per heavy atom. The lowest BCUT2D eigenvalue weighted by atomic mass is 9.62. The number of aromatic nitrogens is 2. The number of thioether (sulfide) groups is 1. The van der Waals surface area contributed by atoms with Gasteiger partial charge in [-0.05, 0) is 51.5 Å². The summed E-state index contributed by atoms with van der Waals surface area (Å²) in [5, 5.41) is 0.832. The van der Waals surface area contributed by atoms with Crippen LogP contribution in [0.2, 0.25) is 0 Å². The Balaban J connectivity index is 1.80. The highest BCUT2D eigenvalue weighted by atomic mass is 32.2. The number of nitrogens with zero attached hydrogens (tertiary/aromatic N) is 2. The lowest BCUT2D eigenvalue weighted by molar-refractivity contribution is -0.0703. The van der Waals surface area contributed by atoms with Gasteiger partial charge in [-0.2, -0.15) is 4.98 Å². The summed E-state index contributed by atoms with van der Waals surface area (Å²) in [5.41, 5.74) is 4.47. The molecule has 170 valence electrons. The van der Waals surface area contributed by atoms with Crippen LogP contribution < -0.4 is 5.56 Å². The van der Waals surface area contributed by atoms with Gasteiger partial charge in [0.25, 0.3) is 5.56 Å². The number of hydrogen-bond donors (Lipinski definition) is 0. The SMILES string of the molecule is C=CCSc1nc(=O)c2c(n1C1CCOC(C)(C)C1)-c1ccccc1CC21CCCCC1. The van der Waals surface area contributed by atoms with Gasteiger partial charge in [0.05, 0.1) is 16.9 Å². The Morgan fingerprint density at radius 3 is 2.78 bits per heavy atom. The lowest BCUT2D eigenvalue weighted by Crippen LogP contribution is -2.43. The molecule has 2 heterocycles. The van der Waals surface area contributed by atoms with Crippen LogP contribution in [0.4, 0.5) is 0 Å². The Labute approximate surface area is 195 Å². The van der Waals surface area contributed by atoms with Crippen molar-refractivity contribution < 1.29 is 4.74 Å². The molecule has 5 heteroatoms. The first-order chi connectivity index (χ1) is 15.4. The molecule has 1 saturated heterocycles. The zero-order chi connectivity index (χ0) is 22.3. The van der Waals surface area contributed by atoms with Crippen LogP contribution in [0.25, 0.3) is 11.3 Å². The molecule has 1 spiro atoms. The van der Waals surface area contributed by atoms with Gasteiger partial charge >= 0.3 is 0 Å².